The lowest BCUT2D eigenvalue weighted by Crippen LogP contribution is -2.25. The summed E-state index contributed by atoms with van der Waals surface area (Å²) in [4.78, 5) is 2.53. The molecule has 0 heterocycles. The van der Waals surface area contributed by atoms with Gasteiger partial charge in [0, 0.05) is 12.6 Å². The molecule has 0 aromatic heterocycles. The van der Waals surface area contributed by atoms with Crippen LogP contribution < -0.4 is 5.32 Å². The zero-order valence-electron chi connectivity index (χ0n) is 12.9. The third kappa shape index (κ3) is 8.02. The first kappa shape index (κ1) is 16.2. The molecule has 0 bridgehead atoms. The van der Waals surface area contributed by atoms with Crippen LogP contribution in [0.15, 0.2) is 30.3 Å². The van der Waals surface area contributed by atoms with E-state index in [2.05, 4.69) is 61.3 Å². The van der Waals surface area contributed by atoms with Crippen molar-refractivity contribution in [2.24, 2.45) is 0 Å². The van der Waals surface area contributed by atoms with Crippen LogP contribution in [0.2, 0.25) is 0 Å². The van der Waals surface area contributed by atoms with E-state index in [-0.39, 0.29) is 0 Å². The van der Waals surface area contributed by atoms with Gasteiger partial charge in [-0.3, -0.25) is 4.90 Å². The van der Waals surface area contributed by atoms with E-state index in [9.17, 15) is 0 Å². The summed E-state index contributed by atoms with van der Waals surface area (Å²) in [6.07, 6.45) is 3.92. The number of hydrogen-bond donors (Lipinski definition) is 1. The Hall–Kier alpha value is -0.860. The average Bonchev–Trinajstić information content (AvgIpc) is 2.42. The van der Waals surface area contributed by atoms with Crippen LogP contribution in [0.5, 0.6) is 0 Å². The molecule has 19 heavy (non-hydrogen) atoms. The largest absolute Gasteiger partial charge is 0.315 e. The van der Waals surface area contributed by atoms with E-state index in [4.69, 9.17) is 0 Å². The van der Waals surface area contributed by atoms with Gasteiger partial charge in [0.05, 0.1) is 0 Å². The lowest BCUT2D eigenvalue weighted by atomic mass is 10.2. The van der Waals surface area contributed by atoms with Crippen molar-refractivity contribution in [2.75, 3.05) is 19.6 Å². The molecule has 0 aliphatic rings. The molecule has 1 aromatic rings. The fourth-order valence-electron chi connectivity index (χ4n) is 2.22. The highest BCUT2D eigenvalue weighted by Crippen LogP contribution is 2.06. The molecule has 108 valence electrons. The van der Waals surface area contributed by atoms with Gasteiger partial charge in [-0.25, -0.2) is 0 Å². The highest BCUT2D eigenvalue weighted by atomic mass is 15.1. The van der Waals surface area contributed by atoms with Crippen molar-refractivity contribution in [3.05, 3.63) is 35.9 Å². The third-order valence-electron chi connectivity index (χ3n) is 3.40. The minimum absolute atomic E-state index is 0.616. The molecule has 1 aromatic carbocycles. The molecular weight excluding hydrogens is 232 g/mol. The van der Waals surface area contributed by atoms with E-state index in [1.165, 1.54) is 31.4 Å². The van der Waals surface area contributed by atoms with Crippen molar-refractivity contribution >= 4 is 0 Å². The molecule has 0 amide bonds. The van der Waals surface area contributed by atoms with Crippen LogP contribution >= 0.6 is 0 Å². The molecule has 0 aliphatic carbocycles. The van der Waals surface area contributed by atoms with Gasteiger partial charge in [-0.15, -0.1) is 0 Å². The number of hydrogen-bond acceptors (Lipinski definition) is 2. The van der Waals surface area contributed by atoms with Crippen LogP contribution in [-0.4, -0.2) is 30.6 Å². The quantitative estimate of drug-likeness (QED) is 0.647. The van der Waals surface area contributed by atoms with E-state index in [0.29, 0.717) is 6.04 Å². The van der Waals surface area contributed by atoms with Crippen LogP contribution in [0.3, 0.4) is 0 Å². The molecule has 0 aliphatic heterocycles. The van der Waals surface area contributed by atoms with Crippen LogP contribution in [0, 0.1) is 0 Å². The Morgan fingerprint density at radius 1 is 1.05 bits per heavy atom. The van der Waals surface area contributed by atoms with Gasteiger partial charge < -0.3 is 5.32 Å². The first-order valence-corrected chi connectivity index (χ1v) is 7.72. The van der Waals surface area contributed by atoms with E-state index < -0.39 is 0 Å². The summed E-state index contributed by atoms with van der Waals surface area (Å²) in [6.45, 7) is 11.3. The molecule has 0 atom stereocenters. The molecular formula is C17H30N2. The Morgan fingerprint density at radius 3 is 2.42 bits per heavy atom. The maximum atomic E-state index is 3.47. The predicted octanol–water partition coefficient (Wildman–Crippen LogP) is 3.68. The average molecular weight is 262 g/mol. The first-order valence-electron chi connectivity index (χ1n) is 7.72. The molecule has 0 fully saturated rings. The maximum Gasteiger partial charge on any atom is 0.0233 e. The summed E-state index contributed by atoms with van der Waals surface area (Å²) in [7, 11) is 0. The van der Waals surface area contributed by atoms with Crippen LogP contribution in [-0.2, 0) is 6.54 Å². The Labute approximate surface area is 119 Å². The number of unbranched alkanes of at least 4 members (excludes halogenated alkanes) is 2. The topological polar surface area (TPSA) is 15.3 Å². The summed E-state index contributed by atoms with van der Waals surface area (Å²) in [5.41, 5.74) is 1.42. The van der Waals surface area contributed by atoms with Gasteiger partial charge in [0.15, 0.2) is 0 Å². The molecule has 0 unspecified atom stereocenters. The SMILES string of the molecule is CCN(CCCCCNC(C)C)Cc1ccccc1. The molecule has 0 saturated carbocycles. The van der Waals surface area contributed by atoms with E-state index >= 15 is 0 Å². The standard InChI is InChI=1S/C17H30N2/c1-4-19(15-17-11-7-5-8-12-17)14-10-6-9-13-18-16(2)3/h5,7-8,11-12,16,18H,4,6,9-10,13-15H2,1-3H3. The summed E-state index contributed by atoms with van der Waals surface area (Å²) in [5.74, 6) is 0. The van der Waals surface area contributed by atoms with Gasteiger partial charge in [-0.2, -0.15) is 0 Å². The second-order valence-electron chi connectivity index (χ2n) is 5.52. The van der Waals surface area contributed by atoms with Gasteiger partial charge in [-0.1, -0.05) is 57.5 Å². The second-order valence-corrected chi connectivity index (χ2v) is 5.52. The van der Waals surface area contributed by atoms with E-state index in [0.717, 1.165) is 19.6 Å². The fourth-order valence-corrected chi connectivity index (χ4v) is 2.22. The zero-order chi connectivity index (χ0) is 13.9. The highest BCUT2D eigenvalue weighted by molar-refractivity contribution is 5.14. The van der Waals surface area contributed by atoms with Crippen LogP contribution in [0.25, 0.3) is 0 Å². The van der Waals surface area contributed by atoms with Gasteiger partial charge in [0.25, 0.3) is 0 Å². The first-order chi connectivity index (χ1) is 9.22. The van der Waals surface area contributed by atoms with Gasteiger partial charge in [-0.05, 0) is 38.0 Å². The Bertz CT molecular complexity index is 308. The fraction of sp³-hybridized carbons (Fsp3) is 0.647. The van der Waals surface area contributed by atoms with Crippen molar-refractivity contribution in [3.8, 4) is 0 Å². The number of benzene rings is 1. The smallest absolute Gasteiger partial charge is 0.0233 e. The zero-order valence-corrected chi connectivity index (χ0v) is 12.9. The Kier molecular flexibility index (Phi) is 8.52. The maximum absolute atomic E-state index is 3.47. The van der Waals surface area contributed by atoms with Gasteiger partial charge in [0.1, 0.15) is 0 Å². The highest BCUT2D eigenvalue weighted by Gasteiger charge is 2.03. The molecule has 1 N–H and O–H groups in total. The summed E-state index contributed by atoms with van der Waals surface area (Å²) < 4.78 is 0. The van der Waals surface area contributed by atoms with E-state index in [1.807, 2.05) is 0 Å². The van der Waals surface area contributed by atoms with Crippen molar-refractivity contribution in [1.29, 1.82) is 0 Å². The molecule has 1 rings (SSSR count). The minimum atomic E-state index is 0.616. The number of nitrogens with zero attached hydrogens (tertiary/aromatic N) is 1. The molecule has 2 nitrogen and oxygen atoms in total. The number of rotatable bonds is 10. The molecule has 0 radical (unpaired) electrons. The lowest BCUT2D eigenvalue weighted by molar-refractivity contribution is 0.272. The summed E-state index contributed by atoms with van der Waals surface area (Å²) in [6, 6.07) is 11.4. The van der Waals surface area contributed by atoms with Crippen molar-refractivity contribution < 1.29 is 0 Å². The second kappa shape index (κ2) is 9.99. The monoisotopic (exact) mass is 262 g/mol. The van der Waals surface area contributed by atoms with Crippen LogP contribution in [0.4, 0.5) is 0 Å². The predicted molar refractivity (Wildman–Crippen MR) is 84.4 cm³/mol. The van der Waals surface area contributed by atoms with Crippen molar-refractivity contribution in [2.45, 2.75) is 52.6 Å². The number of nitrogens with one attached hydrogen (secondary N) is 1. The normalized spacial score (nSPS) is 11.4. The van der Waals surface area contributed by atoms with Gasteiger partial charge >= 0.3 is 0 Å². The third-order valence-corrected chi connectivity index (χ3v) is 3.40. The Balaban J connectivity index is 2.12. The molecule has 2 heteroatoms. The summed E-state index contributed by atoms with van der Waals surface area (Å²) in [5, 5.41) is 3.47. The molecule has 0 saturated heterocycles. The van der Waals surface area contributed by atoms with Crippen LogP contribution in [0.1, 0.15) is 45.6 Å². The minimum Gasteiger partial charge on any atom is -0.315 e. The van der Waals surface area contributed by atoms with Crippen molar-refractivity contribution in [3.63, 3.8) is 0 Å². The Morgan fingerprint density at radius 2 is 1.79 bits per heavy atom. The van der Waals surface area contributed by atoms with Crippen molar-refractivity contribution in [1.82, 2.24) is 10.2 Å². The summed E-state index contributed by atoms with van der Waals surface area (Å²) >= 11 is 0. The van der Waals surface area contributed by atoms with Gasteiger partial charge in [0.2, 0.25) is 0 Å². The lowest BCUT2D eigenvalue weighted by Gasteiger charge is -2.20. The van der Waals surface area contributed by atoms with E-state index in [1.54, 1.807) is 0 Å². The molecule has 0 spiro atoms.